The summed E-state index contributed by atoms with van der Waals surface area (Å²) in [5.41, 5.74) is 1.59. The van der Waals surface area contributed by atoms with E-state index in [1.807, 2.05) is 28.8 Å². The summed E-state index contributed by atoms with van der Waals surface area (Å²) in [6.07, 6.45) is 8.85. The lowest BCUT2D eigenvalue weighted by molar-refractivity contribution is -0.122. The smallest absolute Gasteiger partial charge is 0.291 e. The van der Waals surface area contributed by atoms with Gasteiger partial charge in [-0.15, -0.1) is 0 Å². The molecule has 0 spiro atoms. The average molecular weight is 366 g/mol. The number of amides is 1. The predicted octanol–water partition coefficient (Wildman–Crippen LogP) is 3.12. The summed E-state index contributed by atoms with van der Waals surface area (Å²) in [4.78, 5) is 25.0. The molecule has 0 unspecified atom stereocenters. The number of benzene rings is 1. The molecule has 1 N–H and O–H groups in total. The van der Waals surface area contributed by atoms with Crippen LogP contribution >= 0.6 is 0 Å². The Morgan fingerprint density at radius 3 is 2.78 bits per heavy atom. The van der Waals surface area contributed by atoms with Crippen LogP contribution in [0.1, 0.15) is 44.9 Å². The van der Waals surface area contributed by atoms with E-state index in [2.05, 4.69) is 10.4 Å². The van der Waals surface area contributed by atoms with Crippen LogP contribution in [0.15, 0.2) is 35.3 Å². The molecule has 6 heteroatoms. The summed E-state index contributed by atoms with van der Waals surface area (Å²) in [6.45, 7) is 0.640. The Morgan fingerprint density at radius 1 is 1.19 bits per heavy atom. The highest BCUT2D eigenvalue weighted by molar-refractivity contribution is 6.07. The monoisotopic (exact) mass is 366 g/mol. The SMILES string of the molecule is Cn1ncc2c3ccccc3n(CCCC(=O)NC3CCCCC3)c2c1=O. The van der Waals surface area contributed by atoms with Gasteiger partial charge in [0, 0.05) is 42.3 Å². The van der Waals surface area contributed by atoms with E-state index in [1.165, 1.54) is 23.9 Å². The predicted molar refractivity (Wildman–Crippen MR) is 107 cm³/mol. The maximum Gasteiger partial charge on any atom is 0.291 e. The summed E-state index contributed by atoms with van der Waals surface area (Å²) in [6, 6.07) is 8.34. The number of carbonyl (C=O) groups is 1. The number of aryl methyl sites for hydroxylation is 2. The first-order chi connectivity index (χ1) is 13.1. The Labute approximate surface area is 158 Å². The highest BCUT2D eigenvalue weighted by Gasteiger charge is 2.17. The first-order valence-electron chi connectivity index (χ1n) is 9.88. The lowest BCUT2D eigenvalue weighted by Gasteiger charge is -2.22. The van der Waals surface area contributed by atoms with Crippen molar-refractivity contribution < 1.29 is 4.79 Å². The number of hydrogen-bond donors (Lipinski definition) is 1. The Kier molecular flexibility index (Phi) is 4.97. The van der Waals surface area contributed by atoms with Crippen molar-refractivity contribution in [1.29, 1.82) is 0 Å². The Balaban J connectivity index is 1.53. The van der Waals surface area contributed by atoms with Gasteiger partial charge in [0.15, 0.2) is 0 Å². The highest BCUT2D eigenvalue weighted by Crippen LogP contribution is 2.26. The van der Waals surface area contributed by atoms with Crippen molar-refractivity contribution in [2.75, 3.05) is 0 Å². The topological polar surface area (TPSA) is 68.9 Å². The van der Waals surface area contributed by atoms with E-state index in [0.717, 1.165) is 29.1 Å². The van der Waals surface area contributed by atoms with Gasteiger partial charge in [0.05, 0.1) is 6.20 Å². The third-order valence-electron chi connectivity index (χ3n) is 5.62. The molecule has 142 valence electrons. The summed E-state index contributed by atoms with van der Waals surface area (Å²) < 4.78 is 3.41. The number of nitrogens with one attached hydrogen (secondary N) is 1. The molecule has 1 saturated carbocycles. The second-order valence-corrected chi connectivity index (χ2v) is 7.51. The van der Waals surface area contributed by atoms with Gasteiger partial charge in [-0.25, -0.2) is 4.68 Å². The minimum absolute atomic E-state index is 0.102. The molecule has 0 atom stereocenters. The molecule has 1 fully saturated rings. The van der Waals surface area contributed by atoms with Crippen molar-refractivity contribution in [1.82, 2.24) is 19.7 Å². The molecule has 4 rings (SSSR count). The molecular weight excluding hydrogens is 340 g/mol. The van der Waals surface area contributed by atoms with Crippen molar-refractivity contribution in [3.63, 3.8) is 0 Å². The van der Waals surface area contributed by atoms with Gasteiger partial charge in [0.2, 0.25) is 5.91 Å². The van der Waals surface area contributed by atoms with Crippen LogP contribution in [0.2, 0.25) is 0 Å². The van der Waals surface area contributed by atoms with Gasteiger partial charge in [-0.1, -0.05) is 37.5 Å². The van der Waals surface area contributed by atoms with E-state index in [-0.39, 0.29) is 11.5 Å². The molecular formula is C21H26N4O2. The molecule has 0 saturated heterocycles. The summed E-state index contributed by atoms with van der Waals surface area (Å²) in [7, 11) is 1.67. The standard InChI is InChI=1S/C21H26N4O2/c1-24-21(27)20-17(14-22-24)16-10-5-6-11-18(16)25(20)13-7-12-19(26)23-15-8-3-2-4-9-15/h5-6,10-11,14-15H,2-4,7-9,12-13H2,1H3,(H,23,26). The third kappa shape index (κ3) is 3.48. The minimum atomic E-state index is -0.102. The van der Waals surface area contributed by atoms with Crippen LogP contribution in [0.3, 0.4) is 0 Å². The number of fused-ring (bicyclic) bond motifs is 3. The molecule has 0 bridgehead atoms. The van der Waals surface area contributed by atoms with Crippen molar-refractivity contribution in [2.24, 2.45) is 7.05 Å². The molecule has 0 aliphatic heterocycles. The van der Waals surface area contributed by atoms with E-state index in [4.69, 9.17) is 0 Å². The second-order valence-electron chi connectivity index (χ2n) is 7.51. The zero-order chi connectivity index (χ0) is 18.8. The fourth-order valence-corrected chi connectivity index (χ4v) is 4.22. The van der Waals surface area contributed by atoms with Gasteiger partial charge in [-0.05, 0) is 25.3 Å². The van der Waals surface area contributed by atoms with Crippen LogP contribution in [-0.2, 0) is 18.4 Å². The van der Waals surface area contributed by atoms with Crippen LogP contribution in [0.25, 0.3) is 21.8 Å². The van der Waals surface area contributed by atoms with Gasteiger partial charge >= 0.3 is 0 Å². The zero-order valence-electron chi connectivity index (χ0n) is 15.8. The van der Waals surface area contributed by atoms with Gasteiger partial charge < -0.3 is 9.88 Å². The molecule has 1 amide bonds. The van der Waals surface area contributed by atoms with Gasteiger partial charge in [-0.2, -0.15) is 5.10 Å². The first kappa shape index (κ1) is 17.8. The van der Waals surface area contributed by atoms with Crippen LogP contribution in [0.4, 0.5) is 0 Å². The Bertz CT molecular complexity index is 1030. The third-order valence-corrected chi connectivity index (χ3v) is 5.62. The molecule has 1 aromatic carbocycles. The molecule has 1 aliphatic carbocycles. The largest absolute Gasteiger partial charge is 0.353 e. The van der Waals surface area contributed by atoms with Gasteiger partial charge in [-0.3, -0.25) is 9.59 Å². The minimum Gasteiger partial charge on any atom is -0.353 e. The van der Waals surface area contributed by atoms with E-state index < -0.39 is 0 Å². The van der Waals surface area contributed by atoms with Crippen LogP contribution in [0.5, 0.6) is 0 Å². The first-order valence-corrected chi connectivity index (χ1v) is 9.88. The number of hydrogen-bond acceptors (Lipinski definition) is 3. The van der Waals surface area contributed by atoms with E-state index in [1.54, 1.807) is 13.2 Å². The van der Waals surface area contributed by atoms with Crippen molar-refractivity contribution in [2.45, 2.75) is 57.5 Å². The van der Waals surface area contributed by atoms with E-state index in [0.29, 0.717) is 30.9 Å². The molecule has 2 aromatic heterocycles. The van der Waals surface area contributed by atoms with Crippen molar-refractivity contribution in [3.05, 3.63) is 40.8 Å². The van der Waals surface area contributed by atoms with Crippen molar-refractivity contribution >= 4 is 27.7 Å². The Morgan fingerprint density at radius 2 is 1.96 bits per heavy atom. The quantitative estimate of drug-likeness (QED) is 0.754. The lowest BCUT2D eigenvalue weighted by atomic mass is 9.95. The number of para-hydroxylation sites is 1. The maximum absolute atomic E-state index is 12.7. The van der Waals surface area contributed by atoms with Crippen LogP contribution in [-0.4, -0.2) is 26.3 Å². The maximum atomic E-state index is 12.7. The fraction of sp³-hybridized carbons (Fsp3) is 0.476. The molecule has 2 heterocycles. The fourth-order valence-electron chi connectivity index (χ4n) is 4.22. The van der Waals surface area contributed by atoms with Crippen LogP contribution in [0, 0.1) is 0 Å². The summed E-state index contributed by atoms with van der Waals surface area (Å²) >= 11 is 0. The second kappa shape index (κ2) is 7.55. The molecule has 6 nitrogen and oxygen atoms in total. The number of aromatic nitrogens is 3. The highest BCUT2D eigenvalue weighted by atomic mass is 16.1. The zero-order valence-corrected chi connectivity index (χ0v) is 15.8. The van der Waals surface area contributed by atoms with Crippen LogP contribution < -0.4 is 10.9 Å². The van der Waals surface area contributed by atoms with Gasteiger partial charge in [0.25, 0.3) is 5.56 Å². The number of rotatable bonds is 5. The number of nitrogens with zero attached hydrogens (tertiary/aromatic N) is 3. The molecule has 1 aliphatic rings. The molecule has 27 heavy (non-hydrogen) atoms. The van der Waals surface area contributed by atoms with E-state index >= 15 is 0 Å². The molecule has 3 aromatic rings. The Hall–Kier alpha value is -2.63. The normalized spacial score (nSPS) is 15.4. The summed E-state index contributed by atoms with van der Waals surface area (Å²) in [5, 5.41) is 9.25. The van der Waals surface area contributed by atoms with E-state index in [9.17, 15) is 9.59 Å². The lowest BCUT2D eigenvalue weighted by Crippen LogP contribution is -2.36. The average Bonchev–Trinajstić information content (AvgIpc) is 3.00. The molecule has 0 radical (unpaired) electrons. The van der Waals surface area contributed by atoms with Crippen molar-refractivity contribution in [3.8, 4) is 0 Å². The van der Waals surface area contributed by atoms with Gasteiger partial charge in [0.1, 0.15) is 5.52 Å². The summed E-state index contributed by atoms with van der Waals surface area (Å²) in [5.74, 6) is 0.122. The number of carbonyl (C=O) groups excluding carboxylic acids is 1.